The Bertz CT molecular complexity index is 346. The minimum Gasteiger partial charge on any atom is -0.292 e. The Morgan fingerprint density at radius 2 is 1.72 bits per heavy atom. The number of likely N-dealkylation sites (tertiary alicyclic amines) is 1. The molecule has 100 valence electrons. The fourth-order valence-corrected chi connectivity index (χ4v) is 4.14. The highest BCUT2D eigenvalue weighted by Gasteiger charge is 2.47. The second-order valence-corrected chi connectivity index (χ2v) is 6.24. The molecule has 0 N–H and O–H groups in total. The van der Waals surface area contributed by atoms with Gasteiger partial charge >= 0.3 is 0 Å². The maximum Gasteiger partial charge on any atom is 0.178 e. The predicted octanol–water partition coefficient (Wildman–Crippen LogP) is 3.46. The van der Waals surface area contributed by atoms with E-state index in [2.05, 4.69) is 11.0 Å². The summed E-state index contributed by atoms with van der Waals surface area (Å²) >= 11 is 0. The topological polar surface area (TPSA) is 20.3 Å². The van der Waals surface area contributed by atoms with E-state index in [1.165, 1.54) is 38.5 Å². The average molecular weight is 247 g/mol. The van der Waals surface area contributed by atoms with Gasteiger partial charge in [-0.3, -0.25) is 9.69 Å². The minimum absolute atomic E-state index is 0.0837. The van der Waals surface area contributed by atoms with Crippen LogP contribution >= 0.6 is 0 Å². The summed E-state index contributed by atoms with van der Waals surface area (Å²) in [7, 11) is 0. The number of hydrogen-bond donors (Lipinski definition) is 0. The molecule has 0 radical (unpaired) electrons. The lowest BCUT2D eigenvalue weighted by Crippen LogP contribution is -2.52. The summed E-state index contributed by atoms with van der Waals surface area (Å²) in [4.78, 5) is 15.5. The van der Waals surface area contributed by atoms with Gasteiger partial charge in [0.05, 0.1) is 5.54 Å². The van der Waals surface area contributed by atoms with Crippen LogP contribution in [-0.4, -0.2) is 29.3 Å². The van der Waals surface area contributed by atoms with Crippen LogP contribution in [0.2, 0.25) is 0 Å². The quantitative estimate of drug-likeness (QED) is 0.761. The lowest BCUT2D eigenvalue weighted by Gasteiger charge is -2.38. The molecule has 3 aliphatic rings. The van der Waals surface area contributed by atoms with E-state index in [0.29, 0.717) is 5.78 Å². The van der Waals surface area contributed by atoms with E-state index in [0.717, 1.165) is 44.3 Å². The van der Waals surface area contributed by atoms with Gasteiger partial charge in [0.2, 0.25) is 0 Å². The summed E-state index contributed by atoms with van der Waals surface area (Å²) in [6.07, 6.45) is 14.2. The van der Waals surface area contributed by atoms with Gasteiger partial charge in [-0.15, -0.1) is 0 Å². The molecule has 2 fully saturated rings. The number of hydrogen-bond acceptors (Lipinski definition) is 2. The molecule has 0 bridgehead atoms. The van der Waals surface area contributed by atoms with Gasteiger partial charge in [0.25, 0.3) is 0 Å². The molecule has 1 saturated carbocycles. The Morgan fingerprint density at radius 3 is 2.33 bits per heavy atom. The van der Waals surface area contributed by atoms with Crippen LogP contribution in [-0.2, 0) is 4.79 Å². The van der Waals surface area contributed by atoms with Crippen LogP contribution in [0.4, 0.5) is 0 Å². The Kier molecular flexibility index (Phi) is 3.56. The van der Waals surface area contributed by atoms with Crippen LogP contribution in [0.5, 0.6) is 0 Å². The molecular formula is C16H25NO. The molecule has 0 atom stereocenters. The van der Waals surface area contributed by atoms with E-state index in [1.54, 1.807) is 0 Å². The molecule has 0 amide bonds. The number of ketones is 1. The molecule has 3 rings (SSSR count). The van der Waals surface area contributed by atoms with Crippen molar-refractivity contribution >= 4 is 5.78 Å². The Balaban J connectivity index is 1.84. The third kappa shape index (κ3) is 2.05. The van der Waals surface area contributed by atoms with Crippen LogP contribution in [0.1, 0.15) is 64.2 Å². The first-order chi connectivity index (χ1) is 8.83. The van der Waals surface area contributed by atoms with E-state index in [4.69, 9.17) is 0 Å². The first kappa shape index (κ1) is 12.4. The minimum atomic E-state index is -0.0837. The molecule has 0 unspecified atom stereocenters. The number of carbonyl (C=O) groups excluding carboxylic acids is 1. The Hall–Kier alpha value is -0.630. The van der Waals surface area contributed by atoms with E-state index in [9.17, 15) is 4.79 Å². The zero-order chi connectivity index (χ0) is 12.4. The molecular weight excluding hydrogens is 222 g/mol. The predicted molar refractivity (Wildman–Crippen MR) is 73.6 cm³/mol. The number of rotatable bonds is 3. The maximum absolute atomic E-state index is 13.0. The zero-order valence-corrected chi connectivity index (χ0v) is 11.4. The lowest BCUT2D eigenvalue weighted by molar-refractivity contribution is -0.126. The van der Waals surface area contributed by atoms with Gasteiger partial charge in [-0.2, -0.15) is 0 Å². The molecule has 18 heavy (non-hydrogen) atoms. The number of Topliss-reactive ketones (excluding diaryl/α,β-unsaturated/α-hetero) is 1. The molecule has 0 aromatic carbocycles. The van der Waals surface area contributed by atoms with E-state index in [1.807, 2.05) is 0 Å². The molecule has 0 aromatic heterocycles. The van der Waals surface area contributed by atoms with Crippen molar-refractivity contribution < 1.29 is 4.79 Å². The third-order valence-electron chi connectivity index (χ3n) is 5.15. The molecule has 1 heterocycles. The van der Waals surface area contributed by atoms with Gasteiger partial charge in [0.15, 0.2) is 5.78 Å². The first-order valence-corrected chi connectivity index (χ1v) is 7.82. The highest BCUT2D eigenvalue weighted by molar-refractivity contribution is 6.03. The number of allylic oxidation sites excluding steroid dienone is 1. The summed E-state index contributed by atoms with van der Waals surface area (Å²) in [6, 6.07) is 0. The molecule has 0 aromatic rings. The van der Waals surface area contributed by atoms with E-state index >= 15 is 0 Å². The number of nitrogens with zero attached hydrogens (tertiary/aromatic N) is 1. The van der Waals surface area contributed by atoms with Crippen LogP contribution in [0.3, 0.4) is 0 Å². The Labute approximate surface area is 110 Å². The molecule has 1 aliphatic heterocycles. The van der Waals surface area contributed by atoms with Crippen LogP contribution in [0.15, 0.2) is 11.6 Å². The highest BCUT2D eigenvalue weighted by atomic mass is 16.1. The van der Waals surface area contributed by atoms with Gasteiger partial charge in [-0.1, -0.05) is 18.9 Å². The van der Waals surface area contributed by atoms with Gasteiger partial charge in [0.1, 0.15) is 0 Å². The van der Waals surface area contributed by atoms with Crippen molar-refractivity contribution in [2.75, 3.05) is 13.1 Å². The smallest absolute Gasteiger partial charge is 0.178 e. The summed E-state index contributed by atoms with van der Waals surface area (Å²) in [5.74, 6) is 0.501. The van der Waals surface area contributed by atoms with Gasteiger partial charge in [-0.05, 0) is 70.0 Å². The Morgan fingerprint density at radius 1 is 1.00 bits per heavy atom. The molecule has 0 spiro atoms. The summed E-state index contributed by atoms with van der Waals surface area (Å²) in [6.45, 7) is 2.30. The van der Waals surface area contributed by atoms with Crippen molar-refractivity contribution in [2.45, 2.75) is 69.7 Å². The van der Waals surface area contributed by atoms with Gasteiger partial charge in [0, 0.05) is 0 Å². The molecule has 2 nitrogen and oxygen atoms in total. The van der Waals surface area contributed by atoms with E-state index < -0.39 is 0 Å². The average Bonchev–Trinajstić information content (AvgIpc) is 3.10. The largest absolute Gasteiger partial charge is 0.292 e. The first-order valence-electron chi connectivity index (χ1n) is 7.82. The van der Waals surface area contributed by atoms with E-state index in [-0.39, 0.29) is 5.54 Å². The summed E-state index contributed by atoms with van der Waals surface area (Å²) < 4.78 is 0. The lowest BCUT2D eigenvalue weighted by atomic mass is 9.82. The molecule has 1 saturated heterocycles. The monoisotopic (exact) mass is 247 g/mol. The van der Waals surface area contributed by atoms with Crippen molar-refractivity contribution in [2.24, 2.45) is 0 Å². The normalized spacial score (nSPS) is 28.3. The fourth-order valence-electron chi connectivity index (χ4n) is 4.14. The molecule has 2 heteroatoms. The number of carbonyl (C=O) groups is 1. The van der Waals surface area contributed by atoms with Crippen LogP contribution in [0, 0.1) is 0 Å². The van der Waals surface area contributed by atoms with Crippen molar-refractivity contribution in [3.8, 4) is 0 Å². The third-order valence-corrected chi connectivity index (χ3v) is 5.15. The summed E-state index contributed by atoms with van der Waals surface area (Å²) in [5.41, 5.74) is 1.08. The second-order valence-electron chi connectivity index (χ2n) is 6.24. The molecule has 2 aliphatic carbocycles. The van der Waals surface area contributed by atoms with Crippen molar-refractivity contribution in [1.82, 2.24) is 4.90 Å². The standard InChI is InChI=1S/C16H25NO/c18-15(14-8-2-1-3-9-14)16(10-4-5-11-16)17-12-6-7-13-17/h8H,1-7,9-13H2. The highest BCUT2D eigenvalue weighted by Crippen LogP contribution is 2.41. The fraction of sp³-hybridized carbons (Fsp3) is 0.812. The van der Waals surface area contributed by atoms with Gasteiger partial charge < -0.3 is 0 Å². The van der Waals surface area contributed by atoms with Crippen molar-refractivity contribution in [3.63, 3.8) is 0 Å². The zero-order valence-electron chi connectivity index (χ0n) is 11.4. The maximum atomic E-state index is 13.0. The van der Waals surface area contributed by atoms with Crippen LogP contribution in [0.25, 0.3) is 0 Å². The second kappa shape index (κ2) is 5.16. The summed E-state index contributed by atoms with van der Waals surface area (Å²) in [5, 5.41) is 0. The SMILES string of the molecule is O=C(C1=CCCCC1)C1(N2CCCC2)CCCC1. The van der Waals surface area contributed by atoms with Crippen LogP contribution < -0.4 is 0 Å². The van der Waals surface area contributed by atoms with Gasteiger partial charge in [-0.25, -0.2) is 0 Å². The van der Waals surface area contributed by atoms with Crippen molar-refractivity contribution in [1.29, 1.82) is 0 Å². The van der Waals surface area contributed by atoms with Crippen molar-refractivity contribution in [3.05, 3.63) is 11.6 Å².